The smallest absolute Gasteiger partial charge is 0.179 e. The molecule has 3 rings (SSSR count). The molecule has 2 aromatic heterocycles. The largest absolute Gasteiger partial charge is 0.485 e. The molecule has 126 valence electrons. The third-order valence-corrected chi connectivity index (χ3v) is 3.79. The van der Waals surface area contributed by atoms with Gasteiger partial charge in [0.15, 0.2) is 11.4 Å². The maximum Gasteiger partial charge on any atom is 0.179 e. The molecule has 0 spiro atoms. The Morgan fingerprint density at radius 1 is 1.17 bits per heavy atom. The molecule has 0 fully saturated rings. The van der Waals surface area contributed by atoms with Crippen LogP contribution in [-0.2, 0) is 13.0 Å². The third kappa shape index (κ3) is 4.11. The lowest BCUT2D eigenvalue weighted by Crippen LogP contribution is -2.17. The van der Waals surface area contributed by atoms with Crippen LogP contribution in [0.4, 0.5) is 4.39 Å². The summed E-state index contributed by atoms with van der Waals surface area (Å²) in [5.41, 5.74) is 2.77. The van der Waals surface area contributed by atoms with Gasteiger partial charge in [-0.3, -0.25) is 0 Å². The number of benzene rings is 1. The number of hydrogen-bond acceptors (Lipinski definition) is 3. The van der Waals surface area contributed by atoms with Crippen LogP contribution in [0.2, 0.25) is 0 Å². The molecule has 0 aliphatic carbocycles. The highest BCUT2D eigenvalue weighted by atomic mass is 19.1. The molecule has 1 aromatic carbocycles. The summed E-state index contributed by atoms with van der Waals surface area (Å²) in [7, 11) is 0. The predicted molar refractivity (Wildman–Crippen MR) is 92.8 cm³/mol. The standard InChI is InChI=1S/C19H22FN3O/c1-2-10-21-11-9-17-13-23-12-3-4-18(19(23)22-17)24-14-15-5-7-16(20)8-6-15/h3-8,12-13,21H,2,9-11,14H2,1H3. The molecular formula is C19H22FN3O. The fourth-order valence-electron chi connectivity index (χ4n) is 2.53. The van der Waals surface area contributed by atoms with Gasteiger partial charge in [0.2, 0.25) is 0 Å². The summed E-state index contributed by atoms with van der Waals surface area (Å²) in [6.45, 7) is 4.49. The van der Waals surface area contributed by atoms with Crippen LogP contribution in [0.3, 0.4) is 0 Å². The van der Waals surface area contributed by atoms with Gasteiger partial charge >= 0.3 is 0 Å². The van der Waals surface area contributed by atoms with Gasteiger partial charge in [-0.2, -0.15) is 0 Å². The van der Waals surface area contributed by atoms with E-state index in [0.717, 1.165) is 48.6 Å². The minimum atomic E-state index is -0.240. The molecule has 5 heteroatoms. The fraction of sp³-hybridized carbons (Fsp3) is 0.316. The van der Waals surface area contributed by atoms with Gasteiger partial charge in [0, 0.05) is 25.4 Å². The van der Waals surface area contributed by atoms with Crippen molar-refractivity contribution in [3.63, 3.8) is 0 Å². The van der Waals surface area contributed by atoms with E-state index in [1.807, 2.05) is 28.9 Å². The van der Waals surface area contributed by atoms with E-state index in [2.05, 4.69) is 17.2 Å². The van der Waals surface area contributed by atoms with Crippen molar-refractivity contribution < 1.29 is 9.13 Å². The van der Waals surface area contributed by atoms with Crippen LogP contribution < -0.4 is 10.1 Å². The maximum absolute atomic E-state index is 13.0. The number of aromatic nitrogens is 2. The van der Waals surface area contributed by atoms with Crippen LogP contribution in [-0.4, -0.2) is 22.5 Å². The zero-order valence-electron chi connectivity index (χ0n) is 13.8. The number of nitrogens with zero attached hydrogens (tertiary/aromatic N) is 2. The van der Waals surface area contributed by atoms with Crippen LogP contribution in [0.25, 0.3) is 5.65 Å². The monoisotopic (exact) mass is 327 g/mol. The van der Waals surface area contributed by atoms with E-state index in [9.17, 15) is 4.39 Å². The molecule has 3 aromatic rings. The SMILES string of the molecule is CCCNCCc1cn2cccc(OCc3ccc(F)cc3)c2n1. The summed E-state index contributed by atoms with van der Waals surface area (Å²) < 4.78 is 20.8. The highest BCUT2D eigenvalue weighted by Crippen LogP contribution is 2.20. The Bertz CT molecular complexity index is 783. The fourth-order valence-corrected chi connectivity index (χ4v) is 2.53. The predicted octanol–water partition coefficient (Wildman–Crippen LogP) is 3.59. The van der Waals surface area contributed by atoms with Crippen LogP contribution in [0.5, 0.6) is 5.75 Å². The van der Waals surface area contributed by atoms with Gasteiger partial charge in [0.25, 0.3) is 0 Å². The normalized spacial score (nSPS) is 11.1. The first-order valence-corrected chi connectivity index (χ1v) is 8.31. The van der Waals surface area contributed by atoms with Gasteiger partial charge in [-0.25, -0.2) is 9.37 Å². The molecule has 4 nitrogen and oxygen atoms in total. The Morgan fingerprint density at radius 3 is 2.79 bits per heavy atom. The number of fused-ring (bicyclic) bond motifs is 1. The lowest BCUT2D eigenvalue weighted by molar-refractivity contribution is 0.308. The van der Waals surface area contributed by atoms with Gasteiger partial charge in [-0.1, -0.05) is 19.1 Å². The summed E-state index contributed by atoms with van der Waals surface area (Å²) >= 11 is 0. The Morgan fingerprint density at radius 2 is 2.00 bits per heavy atom. The molecule has 0 atom stereocenters. The number of imidazole rings is 1. The molecule has 0 aliphatic rings. The van der Waals surface area contributed by atoms with Crippen molar-refractivity contribution >= 4 is 5.65 Å². The minimum Gasteiger partial charge on any atom is -0.485 e. The molecule has 0 bridgehead atoms. The van der Waals surface area contributed by atoms with Crippen molar-refractivity contribution in [2.24, 2.45) is 0 Å². The molecular weight excluding hydrogens is 305 g/mol. The molecule has 0 radical (unpaired) electrons. The van der Waals surface area contributed by atoms with Crippen LogP contribution >= 0.6 is 0 Å². The van der Waals surface area contributed by atoms with E-state index in [1.54, 1.807) is 12.1 Å². The summed E-state index contributed by atoms with van der Waals surface area (Å²) in [6.07, 6.45) is 6.02. The lowest BCUT2D eigenvalue weighted by atomic mass is 10.2. The van der Waals surface area contributed by atoms with Gasteiger partial charge in [0.05, 0.1) is 5.69 Å². The van der Waals surface area contributed by atoms with Gasteiger partial charge in [0.1, 0.15) is 12.4 Å². The number of hydrogen-bond donors (Lipinski definition) is 1. The Hall–Kier alpha value is -2.40. The second kappa shape index (κ2) is 7.93. The summed E-state index contributed by atoms with van der Waals surface area (Å²) in [6, 6.07) is 10.2. The molecule has 0 aliphatic heterocycles. The Balaban J connectivity index is 1.68. The molecule has 24 heavy (non-hydrogen) atoms. The molecule has 0 saturated carbocycles. The zero-order chi connectivity index (χ0) is 16.8. The Labute approximate surface area is 141 Å². The van der Waals surface area contributed by atoms with E-state index >= 15 is 0 Å². The lowest BCUT2D eigenvalue weighted by Gasteiger charge is -2.07. The second-order valence-electron chi connectivity index (χ2n) is 5.75. The molecule has 0 saturated heterocycles. The number of halogens is 1. The number of rotatable bonds is 8. The summed E-state index contributed by atoms with van der Waals surface area (Å²) in [5, 5.41) is 3.38. The van der Waals surface area contributed by atoms with Crippen molar-refractivity contribution in [3.8, 4) is 5.75 Å². The van der Waals surface area contributed by atoms with E-state index in [-0.39, 0.29) is 5.82 Å². The van der Waals surface area contributed by atoms with Crippen molar-refractivity contribution in [1.82, 2.24) is 14.7 Å². The van der Waals surface area contributed by atoms with Crippen LogP contribution in [0.1, 0.15) is 24.6 Å². The van der Waals surface area contributed by atoms with Crippen molar-refractivity contribution in [2.45, 2.75) is 26.4 Å². The first kappa shape index (κ1) is 16.5. The molecule has 0 unspecified atom stereocenters. The minimum absolute atomic E-state index is 0.240. The van der Waals surface area contributed by atoms with Gasteiger partial charge in [-0.05, 0) is 42.8 Å². The maximum atomic E-state index is 13.0. The van der Waals surface area contributed by atoms with Gasteiger partial charge in [-0.15, -0.1) is 0 Å². The van der Waals surface area contributed by atoms with Gasteiger partial charge < -0.3 is 14.5 Å². The second-order valence-corrected chi connectivity index (χ2v) is 5.75. The van der Waals surface area contributed by atoms with Crippen molar-refractivity contribution in [1.29, 1.82) is 0 Å². The van der Waals surface area contributed by atoms with E-state index in [4.69, 9.17) is 4.74 Å². The zero-order valence-corrected chi connectivity index (χ0v) is 13.8. The quantitative estimate of drug-likeness (QED) is 0.643. The van der Waals surface area contributed by atoms with Crippen molar-refractivity contribution in [2.75, 3.05) is 13.1 Å². The number of nitrogens with one attached hydrogen (secondary N) is 1. The van der Waals surface area contributed by atoms with E-state index < -0.39 is 0 Å². The summed E-state index contributed by atoms with van der Waals surface area (Å²) in [5.74, 6) is 0.491. The number of ether oxygens (including phenoxy) is 1. The molecule has 1 N–H and O–H groups in total. The third-order valence-electron chi connectivity index (χ3n) is 3.79. The topological polar surface area (TPSA) is 38.6 Å². The average Bonchev–Trinajstić information content (AvgIpc) is 3.02. The van der Waals surface area contributed by atoms with Crippen LogP contribution in [0, 0.1) is 5.82 Å². The van der Waals surface area contributed by atoms with E-state index in [0.29, 0.717) is 6.61 Å². The number of pyridine rings is 1. The van der Waals surface area contributed by atoms with Crippen molar-refractivity contribution in [3.05, 3.63) is 65.9 Å². The first-order valence-electron chi connectivity index (χ1n) is 8.31. The van der Waals surface area contributed by atoms with E-state index in [1.165, 1.54) is 12.1 Å². The Kier molecular flexibility index (Phi) is 5.43. The summed E-state index contributed by atoms with van der Waals surface area (Å²) in [4.78, 5) is 4.67. The average molecular weight is 327 g/mol. The highest BCUT2D eigenvalue weighted by molar-refractivity contribution is 5.54. The molecule has 0 amide bonds. The first-order chi connectivity index (χ1) is 11.8. The highest BCUT2D eigenvalue weighted by Gasteiger charge is 2.07. The van der Waals surface area contributed by atoms with Crippen LogP contribution in [0.15, 0.2) is 48.8 Å². The molecule has 2 heterocycles.